The molecule has 54 valence electrons. The van der Waals surface area contributed by atoms with Crippen LogP contribution >= 0.6 is 31.9 Å². The van der Waals surface area contributed by atoms with E-state index in [1.807, 2.05) is 0 Å². The number of rotatable bonds is 2. The number of hydrogen-bond donors (Lipinski definition) is 1. The summed E-state index contributed by atoms with van der Waals surface area (Å²) in [6, 6.07) is 0. The standard InChI is InChI=1S/C5H8Br2O2/c1-3(6)5(2,7)4(8)9/h3H,1-2H3,(H,8,9)/t3-,5-/m0/s1. The van der Waals surface area contributed by atoms with Crippen molar-refractivity contribution in [2.45, 2.75) is 23.0 Å². The maximum Gasteiger partial charge on any atom is 0.321 e. The van der Waals surface area contributed by atoms with Gasteiger partial charge in [-0.3, -0.25) is 4.79 Å². The molecular weight excluding hydrogens is 252 g/mol. The molecule has 0 unspecified atom stereocenters. The van der Waals surface area contributed by atoms with E-state index in [4.69, 9.17) is 5.11 Å². The van der Waals surface area contributed by atoms with Gasteiger partial charge in [-0.25, -0.2) is 0 Å². The first-order valence-corrected chi connectivity index (χ1v) is 4.16. The van der Waals surface area contributed by atoms with Gasteiger partial charge < -0.3 is 5.11 Å². The van der Waals surface area contributed by atoms with E-state index in [0.29, 0.717) is 0 Å². The smallest absolute Gasteiger partial charge is 0.321 e. The number of carbonyl (C=O) groups is 1. The third kappa shape index (κ3) is 2.26. The summed E-state index contributed by atoms with van der Waals surface area (Å²) >= 11 is 6.23. The summed E-state index contributed by atoms with van der Waals surface area (Å²) in [7, 11) is 0. The van der Waals surface area contributed by atoms with Gasteiger partial charge >= 0.3 is 5.97 Å². The normalized spacial score (nSPS) is 20.4. The van der Waals surface area contributed by atoms with Crippen molar-refractivity contribution in [3.8, 4) is 0 Å². The van der Waals surface area contributed by atoms with Crippen LogP contribution in [-0.4, -0.2) is 20.2 Å². The van der Waals surface area contributed by atoms with Crippen LogP contribution < -0.4 is 0 Å². The Morgan fingerprint density at radius 3 is 2.11 bits per heavy atom. The Morgan fingerprint density at radius 2 is 2.11 bits per heavy atom. The minimum Gasteiger partial charge on any atom is -0.480 e. The van der Waals surface area contributed by atoms with Crippen molar-refractivity contribution in [3.63, 3.8) is 0 Å². The Morgan fingerprint density at radius 1 is 1.78 bits per heavy atom. The average Bonchev–Trinajstić information content (AvgIpc) is 1.65. The summed E-state index contributed by atoms with van der Waals surface area (Å²) in [5.74, 6) is -0.855. The van der Waals surface area contributed by atoms with Crippen molar-refractivity contribution in [2.24, 2.45) is 0 Å². The molecule has 0 aromatic carbocycles. The van der Waals surface area contributed by atoms with Gasteiger partial charge in [0.2, 0.25) is 0 Å². The highest BCUT2D eigenvalue weighted by atomic mass is 79.9. The van der Waals surface area contributed by atoms with Gasteiger partial charge in [0.05, 0.1) is 0 Å². The van der Waals surface area contributed by atoms with Crippen LogP contribution in [0.4, 0.5) is 0 Å². The molecule has 0 bridgehead atoms. The van der Waals surface area contributed by atoms with E-state index in [1.54, 1.807) is 13.8 Å². The van der Waals surface area contributed by atoms with Crippen LogP contribution in [0.5, 0.6) is 0 Å². The lowest BCUT2D eigenvalue weighted by molar-refractivity contribution is -0.139. The van der Waals surface area contributed by atoms with Gasteiger partial charge in [-0.2, -0.15) is 0 Å². The molecule has 0 spiro atoms. The largest absolute Gasteiger partial charge is 0.480 e. The van der Waals surface area contributed by atoms with E-state index in [-0.39, 0.29) is 4.83 Å². The first-order valence-electron chi connectivity index (χ1n) is 2.45. The van der Waals surface area contributed by atoms with Crippen LogP contribution in [0.25, 0.3) is 0 Å². The molecule has 0 aliphatic heterocycles. The number of halogens is 2. The van der Waals surface area contributed by atoms with Crippen LogP contribution in [0, 0.1) is 0 Å². The zero-order chi connectivity index (χ0) is 7.65. The lowest BCUT2D eigenvalue weighted by Gasteiger charge is -2.19. The van der Waals surface area contributed by atoms with E-state index in [9.17, 15) is 4.79 Å². The third-order valence-electron chi connectivity index (χ3n) is 1.17. The van der Waals surface area contributed by atoms with Crippen LogP contribution in [0.2, 0.25) is 0 Å². The number of carboxylic acids is 1. The number of hydrogen-bond acceptors (Lipinski definition) is 1. The Hall–Kier alpha value is 0.430. The van der Waals surface area contributed by atoms with Crippen LogP contribution in [0.1, 0.15) is 13.8 Å². The second-order valence-electron chi connectivity index (χ2n) is 2.00. The van der Waals surface area contributed by atoms with Gasteiger partial charge in [0.15, 0.2) is 0 Å². The summed E-state index contributed by atoms with van der Waals surface area (Å²) in [5.41, 5.74) is 0. The molecule has 0 amide bonds. The van der Waals surface area contributed by atoms with Crippen LogP contribution in [0.3, 0.4) is 0 Å². The Labute approximate surface area is 70.9 Å². The lowest BCUT2D eigenvalue weighted by atomic mass is 10.1. The summed E-state index contributed by atoms with van der Waals surface area (Å²) < 4.78 is -0.854. The molecule has 0 fully saturated rings. The molecule has 1 N–H and O–H groups in total. The quantitative estimate of drug-likeness (QED) is 0.771. The molecule has 0 aliphatic rings. The van der Waals surface area contributed by atoms with Crippen molar-refractivity contribution >= 4 is 37.8 Å². The molecule has 2 atom stereocenters. The van der Waals surface area contributed by atoms with Crippen molar-refractivity contribution < 1.29 is 9.90 Å². The first-order chi connectivity index (χ1) is 3.89. The molecule has 0 saturated heterocycles. The molecule has 4 heteroatoms. The lowest BCUT2D eigenvalue weighted by Crippen LogP contribution is -2.35. The summed E-state index contributed by atoms with van der Waals surface area (Å²) in [6.45, 7) is 3.39. The van der Waals surface area contributed by atoms with Crippen LogP contribution in [-0.2, 0) is 4.79 Å². The highest BCUT2D eigenvalue weighted by Crippen LogP contribution is 2.27. The fourth-order valence-electron chi connectivity index (χ4n) is 0.170. The van der Waals surface area contributed by atoms with Gasteiger partial charge in [-0.15, -0.1) is 0 Å². The van der Waals surface area contributed by atoms with Gasteiger partial charge in [-0.05, 0) is 6.92 Å². The molecule has 0 rings (SSSR count). The molecule has 0 aromatic rings. The SMILES string of the molecule is C[C@H](Br)[C@](C)(Br)C(=O)O. The van der Waals surface area contributed by atoms with Gasteiger partial charge in [0.1, 0.15) is 4.32 Å². The van der Waals surface area contributed by atoms with E-state index >= 15 is 0 Å². The molecule has 0 heterocycles. The average molecular weight is 260 g/mol. The fourth-order valence-corrected chi connectivity index (χ4v) is 0.366. The van der Waals surface area contributed by atoms with Gasteiger partial charge in [0.25, 0.3) is 0 Å². The maximum absolute atomic E-state index is 10.4. The molecule has 0 radical (unpaired) electrons. The molecule has 2 nitrogen and oxygen atoms in total. The van der Waals surface area contributed by atoms with Crippen molar-refractivity contribution in [1.82, 2.24) is 0 Å². The highest BCUT2D eigenvalue weighted by molar-refractivity contribution is 9.12. The second-order valence-corrected chi connectivity index (χ2v) is 5.02. The van der Waals surface area contributed by atoms with Crippen molar-refractivity contribution in [1.29, 1.82) is 0 Å². The number of carboxylic acid groups (broad SMARTS) is 1. The summed E-state index contributed by atoms with van der Waals surface area (Å²) in [5, 5.41) is 8.53. The molecule has 0 saturated carbocycles. The zero-order valence-corrected chi connectivity index (χ0v) is 8.36. The monoisotopic (exact) mass is 258 g/mol. The minimum atomic E-state index is -0.855. The molecule has 0 aliphatic carbocycles. The van der Waals surface area contributed by atoms with E-state index in [0.717, 1.165) is 0 Å². The zero-order valence-electron chi connectivity index (χ0n) is 5.19. The Balaban J connectivity index is 4.19. The molecule has 9 heavy (non-hydrogen) atoms. The minimum absolute atomic E-state index is 0.0810. The van der Waals surface area contributed by atoms with Gasteiger partial charge in [0, 0.05) is 4.83 Å². The molecule has 0 aromatic heterocycles. The second kappa shape index (κ2) is 3.01. The van der Waals surface area contributed by atoms with Crippen LogP contribution in [0.15, 0.2) is 0 Å². The predicted octanol–water partition coefficient (Wildman–Crippen LogP) is 2.01. The van der Waals surface area contributed by atoms with Crippen molar-refractivity contribution in [3.05, 3.63) is 0 Å². The number of alkyl halides is 2. The third-order valence-corrected chi connectivity index (χ3v) is 3.72. The topological polar surface area (TPSA) is 37.3 Å². The fraction of sp³-hybridized carbons (Fsp3) is 0.800. The van der Waals surface area contributed by atoms with E-state index < -0.39 is 10.3 Å². The number of aliphatic carboxylic acids is 1. The first kappa shape index (κ1) is 9.43. The predicted molar refractivity (Wildman–Crippen MR) is 43.4 cm³/mol. The molecular formula is C5H8Br2O2. The Kier molecular flexibility index (Phi) is 3.16. The van der Waals surface area contributed by atoms with Gasteiger partial charge in [-0.1, -0.05) is 38.8 Å². The Bertz CT molecular complexity index is 120. The highest BCUT2D eigenvalue weighted by Gasteiger charge is 2.34. The van der Waals surface area contributed by atoms with Crippen molar-refractivity contribution in [2.75, 3.05) is 0 Å². The van der Waals surface area contributed by atoms with E-state index in [2.05, 4.69) is 31.9 Å². The maximum atomic E-state index is 10.4. The summed E-state index contributed by atoms with van der Waals surface area (Å²) in [6.07, 6.45) is 0. The summed E-state index contributed by atoms with van der Waals surface area (Å²) in [4.78, 5) is 10.3. The van der Waals surface area contributed by atoms with E-state index in [1.165, 1.54) is 0 Å².